The van der Waals surface area contributed by atoms with E-state index in [-0.39, 0.29) is 16.5 Å². The maximum atomic E-state index is 13.9. The Morgan fingerprint density at radius 3 is 2.55 bits per heavy atom. The molecule has 1 aliphatic heterocycles. The number of fused-ring (bicyclic) bond motifs is 1. The van der Waals surface area contributed by atoms with E-state index in [4.69, 9.17) is 0 Å². The molecule has 0 aromatic heterocycles. The fourth-order valence-electron chi connectivity index (χ4n) is 3.44. The molecule has 7 heteroatoms. The number of halogens is 1. The van der Waals surface area contributed by atoms with Gasteiger partial charge in [0, 0.05) is 17.8 Å². The highest BCUT2D eigenvalue weighted by atomic mass is 32.2. The van der Waals surface area contributed by atoms with Crippen molar-refractivity contribution in [3.63, 3.8) is 0 Å². The maximum absolute atomic E-state index is 13.9. The highest BCUT2D eigenvalue weighted by Crippen LogP contribution is 2.30. The Bertz CT molecular complexity index is 1210. The molecular weight excluding hydrogens is 391 g/mol. The Balaban J connectivity index is 1.68. The van der Waals surface area contributed by atoms with E-state index in [0.29, 0.717) is 17.7 Å². The zero-order valence-electron chi connectivity index (χ0n) is 15.7. The van der Waals surface area contributed by atoms with Crippen LogP contribution in [0.1, 0.15) is 21.5 Å². The molecule has 1 amide bonds. The highest BCUT2D eigenvalue weighted by Gasteiger charge is 2.27. The minimum Gasteiger partial charge on any atom is -0.308 e. The lowest BCUT2D eigenvalue weighted by molar-refractivity contribution is 0.0988. The van der Waals surface area contributed by atoms with Gasteiger partial charge in [-0.3, -0.25) is 9.52 Å². The maximum Gasteiger partial charge on any atom is 0.262 e. The molecule has 4 rings (SSSR count). The second-order valence-electron chi connectivity index (χ2n) is 6.90. The number of anilines is 2. The van der Waals surface area contributed by atoms with E-state index >= 15 is 0 Å². The fourth-order valence-corrected chi connectivity index (χ4v) is 4.53. The van der Waals surface area contributed by atoms with Crippen molar-refractivity contribution in [3.8, 4) is 0 Å². The SMILES string of the molecule is Cc1ccc(S(=O)(=O)Nc2ccccc2F)cc1C(=O)N1CCc2ccccc21. The molecule has 0 fully saturated rings. The molecule has 1 heterocycles. The van der Waals surface area contributed by atoms with E-state index in [9.17, 15) is 17.6 Å². The first-order valence-electron chi connectivity index (χ1n) is 9.14. The van der Waals surface area contributed by atoms with Crippen LogP contribution < -0.4 is 9.62 Å². The van der Waals surface area contributed by atoms with E-state index in [0.717, 1.165) is 17.7 Å². The first kappa shape index (κ1) is 19.1. The smallest absolute Gasteiger partial charge is 0.262 e. The first-order chi connectivity index (χ1) is 13.9. The number of aryl methyl sites for hydroxylation is 1. The van der Waals surface area contributed by atoms with Crippen LogP contribution in [0.5, 0.6) is 0 Å². The van der Waals surface area contributed by atoms with Gasteiger partial charge in [0.1, 0.15) is 5.82 Å². The van der Waals surface area contributed by atoms with E-state index < -0.39 is 15.8 Å². The molecular formula is C22H19FN2O3S. The number of nitrogens with zero attached hydrogens (tertiary/aromatic N) is 1. The largest absolute Gasteiger partial charge is 0.308 e. The number of hydrogen-bond donors (Lipinski definition) is 1. The van der Waals surface area contributed by atoms with Gasteiger partial charge in [0.15, 0.2) is 0 Å². The lowest BCUT2D eigenvalue weighted by Crippen LogP contribution is -2.29. The van der Waals surface area contributed by atoms with Crippen molar-refractivity contribution < 1.29 is 17.6 Å². The van der Waals surface area contributed by atoms with Crippen molar-refractivity contribution in [1.29, 1.82) is 0 Å². The third-order valence-electron chi connectivity index (χ3n) is 5.00. The molecule has 3 aromatic rings. The molecule has 148 valence electrons. The third kappa shape index (κ3) is 3.61. The molecule has 0 aliphatic carbocycles. The summed E-state index contributed by atoms with van der Waals surface area (Å²) >= 11 is 0. The van der Waals surface area contributed by atoms with Crippen molar-refractivity contribution in [2.24, 2.45) is 0 Å². The van der Waals surface area contributed by atoms with Crippen LogP contribution in [0.15, 0.2) is 71.6 Å². The predicted molar refractivity (Wildman–Crippen MR) is 110 cm³/mol. The molecule has 29 heavy (non-hydrogen) atoms. The number of nitrogens with one attached hydrogen (secondary N) is 1. The van der Waals surface area contributed by atoms with Crippen LogP contribution in [-0.4, -0.2) is 20.9 Å². The van der Waals surface area contributed by atoms with Gasteiger partial charge in [-0.2, -0.15) is 0 Å². The predicted octanol–water partition coefficient (Wildman–Crippen LogP) is 4.14. The topological polar surface area (TPSA) is 66.5 Å². The normalized spacial score (nSPS) is 13.2. The van der Waals surface area contributed by atoms with Crippen LogP contribution in [0.25, 0.3) is 0 Å². The van der Waals surface area contributed by atoms with Crippen molar-refractivity contribution in [2.45, 2.75) is 18.2 Å². The van der Waals surface area contributed by atoms with Gasteiger partial charge in [0.05, 0.1) is 10.6 Å². The fraction of sp³-hybridized carbons (Fsp3) is 0.136. The Morgan fingerprint density at radius 1 is 1.03 bits per heavy atom. The molecule has 0 spiro atoms. The Kier molecular flexibility index (Phi) is 4.84. The Hall–Kier alpha value is -3.19. The van der Waals surface area contributed by atoms with Gasteiger partial charge in [-0.1, -0.05) is 36.4 Å². The second kappa shape index (κ2) is 7.33. The number of amides is 1. The summed E-state index contributed by atoms with van der Waals surface area (Å²) in [6.07, 6.45) is 0.758. The summed E-state index contributed by atoms with van der Waals surface area (Å²) in [6, 6.07) is 17.5. The lowest BCUT2D eigenvalue weighted by atomic mass is 10.1. The summed E-state index contributed by atoms with van der Waals surface area (Å²) in [5, 5.41) is 0. The average molecular weight is 410 g/mol. The van der Waals surface area contributed by atoms with Crippen LogP contribution in [0.3, 0.4) is 0 Å². The van der Waals surface area contributed by atoms with Gasteiger partial charge in [-0.25, -0.2) is 12.8 Å². The van der Waals surface area contributed by atoms with Crippen LogP contribution in [-0.2, 0) is 16.4 Å². The zero-order chi connectivity index (χ0) is 20.6. The summed E-state index contributed by atoms with van der Waals surface area (Å²) in [5.41, 5.74) is 2.76. The van der Waals surface area contributed by atoms with Crippen LogP contribution in [0.4, 0.5) is 15.8 Å². The number of carbonyl (C=O) groups excluding carboxylic acids is 1. The minimum absolute atomic E-state index is 0.0952. The van der Waals surface area contributed by atoms with Crippen molar-refractivity contribution in [3.05, 3.63) is 89.2 Å². The van der Waals surface area contributed by atoms with Gasteiger partial charge in [-0.05, 0) is 54.8 Å². The Labute approximate surface area is 168 Å². The standard InChI is InChI=1S/C22H19FN2O3S/c1-15-10-11-17(29(27,28)24-20-8-4-3-7-19(20)23)14-18(15)22(26)25-13-12-16-6-2-5-9-21(16)25/h2-11,14,24H,12-13H2,1H3. The quantitative estimate of drug-likeness (QED) is 0.703. The number of para-hydroxylation sites is 2. The van der Waals surface area contributed by atoms with Gasteiger partial charge in [-0.15, -0.1) is 0 Å². The van der Waals surface area contributed by atoms with Crippen LogP contribution in [0, 0.1) is 12.7 Å². The average Bonchev–Trinajstić information content (AvgIpc) is 3.13. The van der Waals surface area contributed by atoms with Crippen molar-refractivity contribution in [2.75, 3.05) is 16.2 Å². The highest BCUT2D eigenvalue weighted by molar-refractivity contribution is 7.92. The monoisotopic (exact) mass is 410 g/mol. The number of sulfonamides is 1. The summed E-state index contributed by atoms with van der Waals surface area (Å²) in [6.45, 7) is 2.30. The minimum atomic E-state index is -4.05. The number of benzene rings is 3. The molecule has 1 N–H and O–H groups in total. The van der Waals surface area contributed by atoms with Gasteiger partial charge in [0.2, 0.25) is 0 Å². The molecule has 3 aromatic carbocycles. The summed E-state index contributed by atoms with van der Waals surface area (Å²) < 4.78 is 41.6. The molecule has 0 saturated carbocycles. The molecule has 5 nitrogen and oxygen atoms in total. The summed E-state index contributed by atoms with van der Waals surface area (Å²) in [7, 11) is -4.05. The lowest BCUT2D eigenvalue weighted by Gasteiger charge is -2.19. The molecule has 1 aliphatic rings. The molecule has 0 radical (unpaired) electrons. The first-order valence-corrected chi connectivity index (χ1v) is 10.6. The van der Waals surface area contributed by atoms with E-state index in [2.05, 4.69) is 4.72 Å². The molecule has 0 bridgehead atoms. The number of hydrogen-bond acceptors (Lipinski definition) is 3. The van der Waals surface area contributed by atoms with E-state index in [1.54, 1.807) is 17.9 Å². The van der Waals surface area contributed by atoms with E-state index in [1.807, 2.05) is 24.3 Å². The molecule has 0 unspecified atom stereocenters. The number of rotatable bonds is 4. The van der Waals surface area contributed by atoms with E-state index in [1.165, 1.54) is 36.4 Å². The number of carbonyl (C=O) groups is 1. The Morgan fingerprint density at radius 2 is 1.76 bits per heavy atom. The van der Waals surface area contributed by atoms with Crippen LogP contribution in [0.2, 0.25) is 0 Å². The third-order valence-corrected chi connectivity index (χ3v) is 6.36. The van der Waals surface area contributed by atoms with Crippen molar-refractivity contribution in [1.82, 2.24) is 0 Å². The second-order valence-corrected chi connectivity index (χ2v) is 8.58. The van der Waals surface area contributed by atoms with Gasteiger partial charge >= 0.3 is 0 Å². The molecule has 0 atom stereocenters. The van der Waals surface area contributed by atoms with Crippen molar-refractivity contribution >= 4 is 27.3 Å². The summed E-state index contributed by atoms with van der Waals surface area (Å²) in [4.78, 5) is 14.7. The molecule has 0 saturated heterocycles. The zero-order valence-corrected chi connectivity index (χ0v) is 16.5. The van der Waals surface area contributed by atoms with Crippen LogP contribution >= 0.6 is 0 Å². The van der Waals surface area contributed by atoms with Gasteiger partial charge < -0.3 is 4.90 Å². The summed E-state index contributed by atoms with van der Waals surface area (Å²) in [5.74, 6) is -0.927. The van der Waals surface area contributed by atoms with Gasteiger partial charge in [0.25, 0.3) is 15.9 Å².